The van der Waals surface area contributed by atoms with Crippen LogP contribution in [0.15, 0.2) is 22.7 Å². The minimum Gasteiger partial charge on any atom is -0.380 e. The lowest BCUT2D eigenvalue weighted by atomic mass is 10.2. The van der Waals surface area contributed by atoms with E-state index in [1.54, 1.807) is 14.0 Å². The summed E-state index contributed by atoms with van der Waals surface area (Å²) in [4.78, 5) is 11.7. The maximum absolute atomic E-state index is 11.7. The summed E-state index contributed by atoms with van der Waals surface area (Å²) in [7, 11) is 3.12. The summed E-state index contributed by atoms with van der Waals surface area (Å²) in [5.74, 6) is -0.178. The van der Waals surface area contributed by atoms with Gasteiger partial charge in [0.25, 0.3) is 5.91 Å². The van der Waals surface area contributed by atoms with Crippen LogP contribution in [-0.2, 0) is 20.9 Å². The number of carbonyl (C=O) groups excluding carboxylic acids is 1. The Morgan fingerprint density at radius 2 is 2.18 bits per heavy atom. The van der Waals surface area contributed by atoms with E-state index in [0.29, 0.717) is 6.61 Å². The highest BCUT2D eigenvalue weighted by atomic mass is 79.9. The van der Waals surface area contributed by atoms with Crippen molar-refractivity contribution in [1.82, 2.24) is 0 Å². The zero-order valence-corrected chi connectivity index (χ0v) is 11.7. The van der Waals surface area contributed by atoms with Crippen LogP contribution < -0.4 is 5.32 Å². The van der Waals surface area contributed by atoms with Crippen molar-refractivity contribution < 1.29 is 14.3 Å². The summed E-state index contributed by atoms with van der Waals surface area (Å²) >= 11 is 3.43. The van der Waals surface area contributed by atoms with Crippen LogP contribution in [0.5, 0.6) is 0 Å². The normalized spacial score (nSPS) is 12.2. The minimum atomic E-state index is -0.482. The number of rotatable bonds is 5. The van der Waals surface area contributed by atoms with Crippen LogP contribution in [0, 0.1) is 0 Å². The third-order valence-electron chi connectivity index (χ3n) is 2.39. The van der Waals surface area contributed by atoms with Gasteiger partial charge in [-0.2, -0.15) is 0 Å². The molecule has 0 aliphatic rings. The molecule has 0 spiro atoms. The number of hydrogen-bond donors (Lipinski definition) is 1. The molecule has 4 nitrogen and oxygen atoms in total. The molecule has 94 valence electrons. The van der Waals surface area contributed by atoms with Gasteiger partial charge in [0.05, 0.1) is 6.61 Å². The third kappa shape index (κ3) is 3.80. The van der Waals surface area contributed by atoms with E-state index in [-0.39, 0.29) is 5.91 Å². The Labute approximate surface area is 109 Å². The van der Waals surface area contributed by atoms with E-state index in [4.69, 9.17) is 9.47 Å². The van der Waals surface area contributed by atoms with Crippen molar-refractivity contribution in [3.05, 3.63) is 28.2 Å². The first-order chi connectivity index (χ1) is 8.10. The van der Waals surface area contributed by atoms with Gasteiger partial charge < -0.3 is 14.8 Å². The van der Waals surface area contributed by atoms with Gasteiger partial charge in [0.2, 0.25) is 0 Å². The van der Waals surface area contributed by atoms with E-state index in [9.17, 15) is 4.79 Å². The molecular formula is C12H16BrNO3. The van der Waals surface area contributed by atoms with Crippen LogP contribution in [0.1, 0.15) is 12.5 Å². The second-order valence-electron chi connectivity index (χ2n) is 3.57. The smallest absolute Gasteiger partial charge is 0.253 e. The summed E-state index contributed by atoms with van der Waals surface area (Å²) < 4.78 is 11.0. The van der Waals surface area contributed by atoms with Gasteiger partial charge in [0, 0.05) is 29.9 Å². The quantitative estimate of drug-likeness (QED) is 0.909. The van der Waals surface area contributed by atoms with Crippen molar-refractivity contribution in [2.24, 2.45) is 0 Å². The second kappa shape index (κ2) is 6.74. The van der Waals surface area contributed by atoms with Crippen molar-refractivity contribution in [3.63, 3.8) is 0 Å². The Hall–Kier alpha value is -0.910. The van der Waals surface area contributed by atoms with Gasteiger partial charge in [-0.05, 0) is 19.1 Å². The van der Waals surface area contributed by atoms with Crippen molar-refractivity contribution in [1.29, 1.82) is 0 Å². The number of carbonyl (C=O) groups is 1. The Kier molecular flexibility index (Phi) is 5.61. The Morgan fingerprint density at radius 1 is 1.47 bits per heavy atom. The Bertz CT molecular complexity index is 395. The first kappa shape index (κ1) is 14.2. The molecule has 1 N–H and O–H groups in total. The van der Waals surface area contributed by atoms with E-state index in [2.05, 4.69) is 21.2 Å². The lowest BCUT2D eigenvalue weighted by molar-refractivity contribution is -0.124. The van der Waals surface area contributed by atoms with E-state index in [1.165, 1.54) is 7.11 Å². The fourth-order valence-corrected chi connectivity index (χ4v) is 1.79. The average molecular weight is 302 g/mol. The van der Waals surface area contributed by atoms with Crippen LogP contribution in [0.25, 0.3) is 0 Å². The molecule has 5 heteroatoms. The van der Waals surface area contributed by atoms with Crippen molar-refractivity contribution in [3.8, 4) is 0 Å². The van der Waals surface area contributed by atoms with Crippen molar-refractivity contribution in [2.45, 2.75) is 19.6 Å². The van der Waals surface area contributed by atoms with Crippen LogP contribution in [0.3, 0.4) is 0 Å². The average Bonchev–Trinajstić information content (AvgIpc) is 2.32. The summed E-state index contributed by atoms with van der Waals surface area (Å²) in [6.07, 6.45) is -0.482. The highest BCUT2D eigenvalue weighted by molar-refractivity contribution is 9.10. The van der Waals surface area contributed by atoms with Crippen LogP contribution in [0.4, 0.5) is 5.69 Å². The fraction of sp³-hybridized carbons (Fsp3) is 0.417. The largest absolute Gasteiger partial charge is 0.380 e. The van der Waals surface area contributed by atoms with Crippen LogP contribution in [-0.4, -0.2) is 26.2 Å². The number of methoxy groups -OCH3 is 2. The highest BCUT2D eigenvalue weighted by Crippen LogP contribution is 2.25. The molecule has 0 radical (unpaired) electrons. The predicted octanol–water partition coefficient (Wildman–Crippen LogP) is 2.57. The van der Waals surface area contributed by atoms with Crippen LogP contribution in [0.2, 0.25) is 0 Å². The highest BCUT2D eigenvalue weighted by Gasteiger charge is 2.14. The number of hydrogen-bond acceptors (Lipinski definition) is 3. The van der Waals surface area contributed by atoms with E-state index in [0.717, 1.165) is 15.7 Å². The lowest BCUT2D eigenvalue weighted by Gasteiger charge is -2.14. The maximum atomic E-state index is 11.7. The molecule has 0 saturated carbocycles. The molecule has 1 amide bonds. The molecule has 0 saturated heterocycles. The van der Waals surface area contributed by atoms with E-state index < -0.39 is 6.10 Å². The number of benzene rings is 1. The van der Waals surface area contributed by atoms with Gasteiger partial charge in [-0.15, -0.1) is 0 Å². The topological polar surface area (TPSA) is 47.6 Å². The van der Waals surface area contributed by atoms with Crippen molar-refractivity contribution >= 4 is 27.5 Å². The number of anilines is 1. The standard InChI is InChI=1S/C12H16BrNO3/c1-8(17-3)12(15)14-11-6-4-5-10(13)9(11)7-16-2/h4-6,8H,7H2,1-3H3,(H,14,15). The molecule has 0 fully saturated rings. The SMILES string of the molecule is COCc1c(Br)cccc1NC(=O)C(C)OC. The molecule has 1 rings (SSSR count). The summed E-state index contributed by atoms with van der Waals surface area (Å²) in [6.45, 7) is 2.13. The van der Waals surface area contributed by atoms with Gasteiger partial charge in [0.1, 0.15) is 6.10 Å². The van der Waals surface area contributed by atoms with Gasteiger partial charge in [-0.3, -0.25) is 4.79 Å². The summed E-state index contributed by atoms with van der Waals surface area (Å²) in [5.41, 5.74) is 1.64. The lowest BCUT2D eigenvalue weighted by Crippen LogP contribution is -2.27. The molecule has 0 aromatic heterocycles. The maximum Gasteiger partial charge on any atom is 0.253 e. The molecule has 1 aromatic carbocycles. The Balaban J connectivity index is 2.90. The molecule has 0 aliphatic carbocycles. The van der Waals surface area contributed by atoms with Gasteiger partial charge in [0.15, 0.2) is 0 Å². The molecule has 1 atom stereocenters. The minimum absolute atomic E-state index is 0.178. The zero-order chi connectivity index (χ0) is 12.8. The molecule has 0 heterocycles. The molecule has 1 aromatic rings. The monoisotopic (exact) mass is 301 g/mol. The molecule has 0 aliphatic heterocycles. The molecule has 1 unspecified atom stereocenters. The number of amides is 1. The van der Waals surface area contributed by atoms with E-state index in [1.807, 2.05) is 18.2 Å². The summed E-state index contributed by atoms with van der Waals surface area (Å²) in [6, 6.07) is 5.60. The predicted molar refractivity (Wildman–Crippen MR) is 70.0 cm³/mol. The molecule has 0 bridgehead atoms. The van der Waals surface area contributed by atoms with E-state index >= 15 is 0 Å². The molecular weight excluding hydrogens is 286 g/mol. The first-order valence-corrected chi connectivity index (χ1v) is 5.99. The van der Waals surface area contributed by atoms with Gasteiger partial charge in [-0.1, -0.05) is 22.0 Å². The molecule has 17 heavy (non-hydrogen) atoms. The first-order valence-electron chi connectivity index (χ1n) is 5.20. The number of halogens is 1. The van der Waals surface area contributed by atoms with Gasteiger partial charge >= 0.3 is 0 Å². The zero-order valence-electron chi connectivity index (χ0n) is 10.1. The Morgan fingerprint density at radius 3 is 2.76 bits per heavy atom. The van der Waals surface area contributed by atoms with Gasteiger partial charge in [-0.25, -0.2) is 0 Å². The van der Waals surface area contributed by atoms with Crippen LogP contribution >= 0.6 is 15.9 Å². The third-order valence-corrected chi connectivity index (χ3v) is 3.13. The number of ether oxygens (including phenoxy) is 2. The summed E-state index contributed by atoms with van der Waals surface area (Å²) in [5, 5.41) is 2.81. The second-order valence-corrected chi connectivity index (χ2v) is 4.42. The fourth-order valence-electron chi connectivity index (χ4n) is 1.31. The number of nitrogens with one attached hydrogen (secondary N) is 1. The van der Waals surface area contributed by atoms with Crippen molar-refractivity contribution in [2.75, 3.05) is 19.5 Å².